The molecule has 0 amide bonds. The van der Waals surface area contributed by atoms with E-state index in [9.17, 15) is 9.59 Å². The highest BCUT2D eigenvalue weighted by atomic mass is 16.4. The van der Waals surface area contributed by atoms with E-state index in [1.54, 1.807) is 0 Å². The molecular formula is C16H32N2O4. The average molecular weight is 316 g/mol. The molecule has 1 fully saturated rings. The Bertz CT molecular complexity index is 273. The molecule has 6 nitrogen and oxygen atoms in total. The Morgan fingerprint density at radius 1 is 0.773 bits per heavy atom. The van der Waals surface area contributed by atoms with Crippen LogP contribution in [0.4, 0.5) is 0 Å². The first-order chi connectivity index (χ1) is 10.5. The predicted octanol–water partition coefficient (Wildman–Crippen LogP) is 2.21. The van der Waals surface area contributed by atoms with Gasteiger partial charge < -0.3 is 21.7 Å². The first-order valence-corrected chi connectivity index (χ1v) is 8.33. The van der Waals surface area contributed by atoms with Gasteiger partial charge in [-0.1, -0.05) is 25.7 Å². The molecule has 0 unspecified atom stereocenters. The molecule has 1 aliphatic carbocycles. The fourth-order valence-corrected chi connectivity index (χ4v) is 2.83. The van der Waals surface area contributed by atoms with Crippen LogP contribution in [0.2, 0.25) is 0 Å². The van der Waals surface area contributed by atoms with Crippen molar-refractivity contribution < 1.29 is 19.8 Å². The van der Waals surface area contributed by atoms with Gasteiger partial charge in [0.05, 0.1) is 0 Å². The Kier molecular flexibility index (Phi) is 12.8. The molecule has 130 valence electrons. The summed E-state index contributed by atoms with van der Waals surface area (Å²) in [5.74, 6) is 0.101. The first-order valence-electron chi connectivity index (χ1n) is 8.33. The monoisotopic (exact) mass is 316 g/mol. The van der Waals surface area contributed by atoms with Gasteiger partial charge in [0, 0.05) is 12.8 Å². The lowest BCUT2D eigenvalue weighted by atomic mass is 9.79. The standard InChI is InChI=1S/C10H22N2.C6H10O4/c11-7-5-9-1-2-10(4-3-9)6-8-12;7-5(8)3-1-2-4-6(9)10/h9-10H,1-8,11-12H2;1-4H2,(H,7,8)(H,9,10). The van der Waals surface area contributed by atoms with Crippen LogP contribution >= 0.6 is 0 Å². The largest absolute Gasteiger partial charge is 0.481 e. The van der Waals surface area contributed by atoms with Crippen molar-refractivity contribution in [3.63, 3.8) is 0 Å². The molecule has 0 radical (unpaired) electrons. The summed E-state index contributed by atoms with van der Waals surface area (Å²) >= 11 is 0. The zero-order valence-electron chi connectivity index (χ0n) is 13.5. The molecule has 0 aromatic carbocycles. The molecule has 0 spiro atoms. The van der Waals surface area contributed by atoms with Gasteiger partial charge in [-0.3, -0.25) is 9.59 Å². The molecule has 0 aromatic rings. The molecule has 1 saturated carbocycles. The predicted molar refractivity (Wildman–Crippen MR) is 86.5 cm³/mol. The van der Waals surface area contributed by atoms with E-state index in [1.165, 1.54) is 38.5 Å². The van der Waals surface area contributed by atoms with Gasteiger partial charge in [0.25, 0.3) is 0 Å². The fourth-order valence-electron chi connectivity index (χ4n) is 2.83. The number of carbonyl (C=O) groups is 2. The van der Waals surface area contributed by atoms with Crippen molar-refractivity contribution in [1.29, 1.82) is 0 Å². The Morgan fingerprint density at radius 2 is 1.09 bits per heavy atom. The van der Waals surface area contributed by atoms with Crippen LogP contribution in [0.15, 0.2) is 0 Å². The van der Waals surface area contributed by atoms with Crippen molar-refractivity contribution in [1.82, 2.24) is 0 Å². The second-order valence-corrected chi connectivity index (χ2v) is 6.04. The van der Waals surface area contributed by atoms with Crippen LogP contribution in [-0.2, 0) is 9.59 Å². The second kappa shape index (κ2) is 13.5. The molecule has 6 N–H and O–H groups in total. The highest BCUT2D eigenvalue weighted by molar-refractivity contribution is 5.67. The van der Waals surface area contributed by atoms with Crippen molar-refractivity contribution in [2.75, 3.05) is 13.1 Å². The van der Waals surface area contributed by atoms with E-state index in [2.05, 4.69) is 0 Å². The van der Waals surface area contributed by atoms with Crippen molar-refractivity contribution in [3.8, 4) is 0 Å². The maximum absolute atomic E-state index is 9.90. The number of aliphatic carboxylic acids is 2. The number of nitrogens with two attached hydrogens (primary N) is 2. The van der Waals surface area contributed by atoms with E-state index in [4.69, 9.17) is 21.7 Å². The van der Waals surface area contributed by atoms with Gasteiger partial charge in [-0.05, 0) is 50.6 Å². The minimum Gasteiger partial charge on any atom is -0.481 e. The van der Waals surface area contributed by atoms with Gasteiger partial charge in [-0.15, -0.1) is 0 Å². The van der Waals surface area contributed by atoms with Gasteiger partial charge in [-0.2, -0.15) is 0 Å². The van der Waals surface area contributed by atoms with Gasteiger partial charge in [0.15, 0.2) is 0 Å². The molecule has 22 heavy (non-hydrogen) atoms. The summed E-state index contributed by atoms with van der Waals surface area (Å²) in [7, 11) is 0. The summed E-state index contributed by atoms with van der Waals surface area (Å²) < 4.78 is 0. The molecule has 0 aromatic heterocycles. The zero-order chi connectivity index (χ0) is 16.8. The lowest BCUT2D eigenvalue weighted by molar-refractivity contribution is -0.139. The van der Waals surface area contributed by atoms with Crippen LogP contribution in [0.5, 0.6) is 0 Å². The number of rotatable bonds is 9. The molecule has 1 rings (SSSR count). The highest BCUT2D eigenvalue weighted by Gasteiger charge is 2.19. The zero-order valence-corrected chi connectivity index (χ0v) is 13.5. The van der Waals surface area contributed by atoms with Crippen molar-refractivity contribution in [2.24, 2.45) is 23.3 Å². The third-order valence-corrected chi connectivity index (χ3v) is 4.15. The van der Waals surface area contributed by atoms with E-state index in [-0.39, 0.29) is 12.8 Å². The molecule has 0 atom stereocenters. The maximum Gasteiger partial charge on any atom is 0.303 e. The lowest BCUT2D eigenvalue weighted by Crippen LogP contribution is -2.19. The van der Waals surface area contributed by atoms with Crippen molar-refractivity contribution in [2.45, 2.75) is 64.2 Å². The Balaban J connectivity index is 0.000000409. The molecule has 0 saturated heterocycles. The summed E-state index contributed by atoms with van der Waals surface area (Å²) in [5, 5.41) is 16.3. The summed E-state index contributed by atoms with van der Waals surface area (Å²) in [6, 6.07) is 0. The number of unbranched alkanes of at least 4 members (excludes halogenated alkanes) is 1. The highest BCUT2D eigenvalue weighted by Crippen LogP contribution is 2.31. The van der Waals surface area contributed by atoms with E-state index in [0.717, 1.165) is 24.9 Å². The summed E-state index contributed by atoms with van der Waals surface area (Å²) in [4.78, 5) is 19.8. The Labute approximate surface area is 133 Å². The number of carboxylic acids is 2. The van der Waals surface area contributed by atoms with Crippen molar-refractivity contribution in [3.05, 3.63) is 0 Å². The molecule has 0 heterocycles. The quantitative estimate of drug-likeness (QED) is 0.483. The minimum absolute atomic E-state index is 0.0628. The van der Waals surface area contributed by atoms with Crippen LogP contribution in [0.25, 0.3) is 0 Å². The van der Waals surface area contributed by atoms with Gasteiger partial charge in [-0.25, -0.2) is 0 Å². The maximum atomic E-state index is 9.90. The van der Waals surface area contributed by atoms with Gasteiger partial charge in [0.2, 0.25) is 0 Å². The van der Waals surface area contributed by atoms with Crippen LogP contribution in [0.3, 0.4) is 0 Å². The molecule has 0 aliphatic heterocycles. The van der Waals surface area contributed by atoms with E-state index in [0.29, 0.717) is 12.8 Å². The average Bonchev–Trinajstić information content (AvgIpc) is 2.47. The summed E-state index contributed by atoms with van der Waals surface area (Å²) in [6.45, 7) is 1.73. The minimum atomic E-state index is -0.870. The Morgan fingerprint density at radius 3 is 1.32 bits per heavy atom. The third kappa shape index (κ3) is 12.6. The molecule has 1 aliphatic rings. The van der Waals surface area contributed by atoms with Crippen LogP contribution in [-0.4, -0.2) is 35.2 Å². The summed E-state index contributed by atoms with van der Waals surface area (Å²) in [5.41, 5.74) is 11.1. The fraction of sp³-hybridized carbons (Fsp3) is 0.875. The second-order valence-electron chi connectivity index (χ2n) is 6.04. The van der Waals surface area contributed by atoms with E-state index >= 15 is 0 Å². The van der Waals surface area contributed by atoms with Gasteiger partial charge >= 0.3 is 11.9 Å². The third-order valence-electron chi connectivity index (χ3n) is 4.15. The molecule has 0 bridgehead atoms. The van der Waals surface area contributed by atoms with Crippen LogP contribution in [0, 0.1) is 11.8 Å². The topological polar surface area (TPSA) is 127 Å². The number of hydrogen-bond donors (Lipinski definition) is 4. The van der Waals surface area contributed by atoms with Crippen molar-refractivity contribution >= 4 is 11.9 Å². The normalized spacial score (nSPS) is 20.8. The van der Waals surface area contributed by atoms with Crippen LogP contribution < -0.4 is 11.5 Å². The van der Waals surface area contributed by atoms with E-state index < -0.39 is 11.9 Å². The number of carboxylic acid groups (broad SMARTS) is 2. The molecular weight excluding hydrogens is 284 g/mol. The van der Waals surface area contributed by atoms with Gasteiger partial charge in [0.1, 0.15) is 0 Å². The lowest BCUT2D eigenvalue weighted by Gasteiger charge is -2.27. The van der Waals surface area contributed by atoms with Crippen LogP contribution in [0.1, 0.15) is 64.2 Å². The Hall–Kier alpha value is -1.14. The smallest absolute Gasteiger partial charge is 0.303 e. The van der Waals surface area contributed by atoms with E-state index in [1.807, 2.05) is 0 Å². The molecule has 6 heteroatoms. The number of hydrogen-bond acceptors (Lipinski definition) is 4. The summed E-state index contributed by atoms with van der Waals surface area (Å²) in [6.07, 6.45) is 9.04. The first kappa shape index (κ1) is 20.9. The SMILES string of the molecule is NCCC1CCC(CCN)CC1.O=C(O)CCCCC(=O)O.